The quantitative estimate of drug-likeness (QED) is 0.709. The molecule has 0 bridgehead atoms. The van der Waals surface area contributed by atoms with Crippen LogP contribution in [0.15, 0.2) is 0 Å². The van der Waals surface area contributed by atoms with Crippen LogP contribution in [0, 0.1) is 5.92 Å². The SMILES string of the molecule is COCC(=O)NC1CCOC1C1CC1. The number of hydrogen-bond acceptors (Lipinski definition) is 3. The molecule has 4 heteroatoms. The fourth-order valence-corrected chi connectivity index (χ4v) is 2.03. The van der Waals surface area contributed by atoms with Crippen molar-refractivity contribution in [3.63, 3.8) is 0 Å². The highest BCUT2D eigenvalue weighted by molar-refractivity contribution is 5.77. The smallest absolute Gasteiger partial charge is 0.246 e. The summed E-state index contributed by atoms with van der Waals surface area (Å²) in [5, 5.41) is 2.96. The lowest BCUT2D eigenvalue weighted by Gasteiger charge is -2.19. The van der Waals surface area contributed by atoms with Crippen LogP contribution < -0.4 is 5.32 Å². The molecule has 2 aliphatic rings. The van der Waals surface area contributed by atoms with Crippen LogP contribution in [-0.4, -0.2) is 38.4 Å². The van der Waals surface area contributed by atoms with E-state index < -0.39 is 0 Å². The molecule has 0 radical (unpaired) electrons. The third kappa shape index (κ3) is 2.25. The van der Waals surface area contributed by atoms with Gasteiger partial charge in [-0.15, -0.1) is 0 Å². The van der Waals surface area contributed by atoms with Crippen molar-refractivity contribution in [1.29, 1.82) is 0 Å². The van der Waals surface area contributed by atoms with Gasteiger partial charge in [-0.1, -0.05) is 0 Å². The maximum atomic E-state index is 11.3. The fraction of sp³-hybridized carbons (Fsp3) is 0.900. The Balaban J connectivity index is 1.80. The van der Waals surface area contributed by atoms with Crippen LogP contribution in [0.2, 0.25) is 0 Å². The van der Waals surface area contributed by atoms with Gasteiger partial charge in [-0.3, -0.25) is 4.79 Å². The molecule has 4 nitrogen and oxygen atoms in total. The summed E-state index contributed by atoms with van der Waals surface area (Å²) in [7, 11) is 1.53. The van der Waals surface area contributed by atoms with Crippen molar-refractivity contribution < 1.29 is 14.3 Å². The Hall–Kier alpha value is -0.610. The molecule has 1 N–H and O–H groups in total. The van der Waals surface area contributed by atoms with Crippen molar-refractivity contribution in [3.8, 4) is 0 Å². The number of carbonyl (C=O) groups is 1. The van der Waals surface area contributed by atoms with Gasteiger partial charge >= 0.3 is 0 Å². The lowest BCUT2D eigenvalue weighted by atomic mass is 10.1. The summed E-state index contributed by atoms with van der Waals surface area (Å²) in [6.07, 6.45) is 3.70. The molecule has 1 aliphatic heterocycles. The third-order valence-electron chi connectivity index (χ3n) is 2.84. The molecule has 1 aliphatic carbocycles. The lowest BCUT2D eigenvalue weighted by Crippen LogP contribution is -2.42. The second kappa shape index (κ2) is 4.28. The van der Waals surface area contributed by atoms with Gasteiger partial charge in [0.05, 0.1) is 12.1 Å². The van der Waals surface area contributed by atoms with Gasteiger partial charge in [0, 0.05) is 13.7 Å². The Morgan fingerprint density at radius 2 is 2.29 bits per heavy atom. The van der Waals surface area contributed by atoms with Crippen LogP contribution >= 0.6 is 0 Å². The van der Waals surface area contributed by atoms with Crippen molar-refractivity contribution in [3.05, 3.63) is 0 Å². The zero-order chi connectivity index (χ0) is 9.97. The minimum atomic E-state index is -0.0337. The van der Waals surface area contributed by atoms with Crippen LogP contribution in [0.1, 0.15) is 19.3 Å². The molecule has 14 heavy (non-hydrogen) atoms. The van der Waals surface area contributed by atoms with Crippen molar-refractivity contribution in [2.45, 2.75) is 31.4 Å². The zero-order valence-corrected chi connectivity index (χ0v) is 8.49. The Morgan fingerprint density at radius 3 is 2.93 bits per heavy atom. The average molecular weight is 199 g/mol. The maximum Gasteiger partial charge on any atom is 0.246 e. The normalized spacial score (nSPS) is 31.8. The highest BCUT2D eigenvalue weighted by Crippen LogP contribution is 2.38. The largest absolute Gasteiger partial charge is 0.376 e. The first-order chi connectivity index (χ1) is 6.81. The first kappa shape index (κ1) is 9.93. The summed E-state index contributed by atoms with van der Waals surface area (Å²) in [4.78, 5) is 11.3. The second-order valence-electron chi connectivity index (χ2n) is 4.07. The van der Waals surface area contributed by atoms with Gasteiger partial charge in [0.25, 0.3) is 0 Å². The molecule has 2 rings (SSSR count). The van der Waals surface area contributed by atoms with E-state index in [9.17, 15) is 4.79 Å². The zero-order valence-electron chi connectivity index (χ0n) is 8.49. The Bertz CT molecular complexity index is 215. The maximum absolute atomic E-state index is 11.3. The summed E-state index contributed by atoms with van der Waals surface area (Å²) in [5.41, 5.74) is 0. The van der Waals surface area contributed by atoms with E-state index in [1.54, 1.807) is 0 Å². The molecule has 2 atom stereocenters. The molecule has 80 valence electrons. The van der Waals surface area contributed by atoms with Gasteiger partial charge in [-0.2, -0.15) is 0 Å². The highest BCUT2D eigenvalue weighted by atomic mass is 16.5. The average Bonchev–Trinajstić information content (AvgIpc) is 2.89. The molecule has 1 heterocycles. The van der Waals surface area contributed by atoms with E-state index in [0.717, 1.165) is 13.0 Å². The number of hydrogen-bond donors (Lipinski definition) is 1. The monoisotopic (exact) mass is 199 g/mol. The van der Waals surface area contributed by atoms with Crippen LogP contribution in [0.5, 0.6) is 0 Å². The third-order valence-corrected chi connectivity index (χ3v) is 2.84. The number of carbonyl (C=O) groups excluding carboxylic acids is 1. The van der Waals surface area contributed by atoms with Crippen molar-refractivity contribution in [2.75, 3.05) is 20.3 Å². The van der Waals surface area contributed by atoms with E-state index in [1.807, 2.05) is 0 Å². The standard InChI is InChI=1S/C10H17NO3/c1-13-6-9(12)11-8-4-5-14-10(8)7-2-3-7/h7-8,10H,2-6H2,1H3,(H,11,12). The second-order valence-corrected chi connectivity index (χ2v) is 4.07. The molecular weight excluding hydrogens is 182 g/mol. The number of rotatable bonds is 4. The first-order valence-electron chi connectivity index (χ1n) is 5.21. The predicted molar refractivity (Wildman–Crippen MR) is 50.9 cm³/mol. The van der Waals surface area contributed by atoms with Crippen molar-refractivity contribution >= 4 is 5.91 Å². The first-order valence-corrected chi connectivity index (χ1v) is 5.21. The fourth-order valence-electron chi connectivity index (χ4n) is 2.03. The van der Waals surface area contributed by atoms with E-state index >= 15 is 0 Å². The van der Waals surface area contributed by atoms with Gasteiger partial charge in [-0.25, -0.2) is 0 Å². The molecule has 0 aromatic carbocycles. The minimum absolute atomic E-state index is 0.0337. The summed E-state index contributed by atoms with van der Waals surface area (Å²) < 4.78 is 10.4. The molecule has 2 unspecified atom stereocenters. The van der Waals surface area contributed by atoms with Gasteiger partial charge in [0.1, 0.15) is 6.61 Å². The Morgan fingerprint density at radius 1 is 1.50 bits per heavy atom. The van der Waals surface area contributed by atoms with Crippen molar-refractivity contribution in [1.82, 2.24) is 5.32 Å². The van der Waals surface area contributed by atoms with E-state index in [1.165, 1.54) is 20.0 Å². The Labute approximate surface area is 84.0 Å². The van der Waals surface area contributed by atoms with Gasteiger partial charge < -0.3 is 14.8 Å². The molecule has 2 fully saturated rings. The van der Waals surface area contributed by atoms with Crippen LogP contribution in [0.4, 0.5) is 0 Å². The van der Waals surface area contributed by atoms with E-state index in [-0.39, 0.29) is 24.7 Å². The van der Waals surface area contributed by atoms with Crippen molar-refractivity contribution in [2.24, 2.45) is 5.92 Å². The lowest BCUT2D eigenvalue weighted by molar-refractivity contribution is -0.125. The summed E-state index contributed by atoms with van der Waals surface area (Å²) in [5.74, 6) is 0.652. The number of nitrogens with one attached hydrogen (secondary N) is 1. The summed E-state index contributed by atoms with van der Waals surface area (Å²) >= 11 is 0. The van der Waals surface area contributed by atoms with E-state index in [0.29, 0.717) is 5.92 Å². The minimum Gasteiger partial charge on any atom is -0.376 e. The highest BCUT2D eigenvalue weighted by Gasteiger charge is 2.41. The molecule has 0 aromatic rings. The molecule has 0 aromatic heterocycles. The van der Waals surface area contributed by atoms with E-state index in [4.69, 9.17) is 9.47 Å². The molecule has 1 saturated carbocycles. The summed E-state index contributed by atoms with van der Waals surface area (Å²) in [6, 6.07) is 0.213. The molecule has 0 spiro atoms. The predicted octanol–water partition coefficient (Wildman–Crippen LogP) is 0.317. The number of ether oxygens (including phenoxy) is 2. The molecule has 1 saturated heterocycles. The molecule has 1 amide bonds. The van der Waals surface area contributed by atoms with Gasteiger partial charge in [0.15, 0.2) is 0 Å². The van der Waals surface area contributed by atoms with Crippen LogP contribution in [-0.2, 0) is 14.3 Å². The topological polar surface area (TPSA) is 47.6 Å². The van der Waals surface area contributed by atoms with Crippen LogP contribution in [0.25, 0.3) is 0 Å². The Kier molecular flexibility index (Phi) is 3.03. The van der Waals surface area contributed by atoms with Crippen LogP contribution in [0.3, 0.4) is 0 Å². The molecular formula is C10H17NO3. The van der Waals surface area contributed by atoms with E-state index in [2.05, 4.69) is 5.32 Å². The number of amides is 1. The number of methoxy groups -OCH3 is 1. The summed E-state index contributed by atoms with van der Waals surface area (Å²) in [6.45, 7) is 0.924. The van der Waals surface area contributed by atoms with Gasteiger partial charge in [0.2, 0.25) is 5.91 Å². The van der Waals surface area contributed by atoms with Gasteiger partial charge in [-0.05, 0) is 25.2 Å².